The number of benzene rings is 2. The predicted octanol–water partition coefficient (Wildman–Crippen LogP) is 6.40. The van der Waals surface area contributed by atoms with E-state index in [0.717, 1.165) is 45.5 Å². The fraction of sp³-hybridized carbons (Fsp3) is 0.273. The summed E-state index contributed by atoms with van der Waals surface area (Å²) in [6, 6.07) is 18.5. The van der Waals surface area contributed by atoms with Crippen LogP contribution in [0.5, 0.6) is 0 Å². The number of rotatable bonds is 6. The first-order chi connectivity index (χ1) is 18.1. The van der Waals surface area contributed by atoms with E-state index in [1.165, 1.54) is 23.3 Å². The van der Waals surface area contributed by atoms with Crippen molar-refractivity contribution in [1.29, 1.82) is 0 Å². The van der Waals surface area contributed by atoms with Gasteiger partial charge < -0.3 is 4.74 Å². The molecule has 1 saturated carbocycles. The van der Waals surface area contributed by atoms with Crippen molar-refractivity contribution in [2.24, 2.45) is 17.8 Å². The predicted molar refractivity (Wildman–Crippen MR) is 151 cm³/mol. The number of Topliss-reactive ketones (excluding diaryl/α,β-unsaturated/α-hetero) is 1. The molecule has 4 aliphatic rings. The number of fused-ring (bicyclic) bond motifs is 4. The van der Waals surface area contributed by atoms with E-state index >= 15 is 0 Å². The summed E-state index contributed by atoms with van der Waals surface area (Å²) in [7, 11) is 0. The van der Waals surface area contributed by atoms with Crippen LogP contribution in [0.2, 0.25) is 0 Å². The lowest BCUT2D eigenvalue weighted by molar-refractivity contribution is 0.0968. The lowest BCUT2D eigenvalue weighted by Crippen LogP contribution is -2.30. The van der Waals surface area contributed by atoms with E-state index < -0.39 is 0 Å². The molecule has 7 rings (SSSR count). The molecule has 4 heteroatoms. The Kier molecular flexibility index (Phi) is 6.75. The third-order valence-electron chi connectivity index (χ3n) is 7.62. The normalized spacial score (nSPS) is 27.9. The number of aryl methyl sites for hydroxylation is 1. The Balaban J connectivity index is 1.25. The van der Waals surface area contributed by atoms with Gasteiger partial charge in [0.25, 0.3) is 0 Å². The number of ether oxygens (including phenoxy) is 1. The first-order valence-corrected chi connectivity index (χ1v) is 14.0. The van der Waals surface area contributed by atoms with Crippen LogP contribution >= 0.6 is 11.3 Å². The molecular weight excluding hydrogens is 474 g/mol. The summed E-state index contributed by atoms with van der Waals surface area (Å²) in [4.78, 5) is 19.6. The minimum atomic E-state index is 0.0863. The van der Waals surface area contributed by atoms with E-state index in [4.69, 9.17) is 9.72 Å². The third kappa shape index (κ3) is 5.30. The molecule has 4 aliphatic carbocycles. The fourth-order valence-corrected chi connectivity index (χ4v) is 6.70. The molecule has 3 aromatic rings. The third-order valence-corrected chi connectivity index (χ3v) is 8.64. The van der Waals surface area contributed by atoms with Crippen molar-refractivity contribution in [2.75, 3.05) is 6.61 Å². The number of carbonyl (C=O) groups excluding carboxylic acids is 1. The van der Waals surface area contributed by atoms with E-state index in [-0.39, 0.29) is 11.7 Å². The van der Waals surface area contributed by atoms with Gasteiger partial charge in [0.15, 0.2) is 0 Å². The molecule has 1 aromatic heterocycles. The van der Waals surface area contributed by atoms with Gasteiger partial charge in [-0.1, -0.05) is 78.9 Å². The standard InChI is InChI=1S/C33H31NO2S/c1-22-34-31(33(37-22)28-10-3-2-4-11-28)32(35)29-19-24-16-23(17-24)18-25(20-29)21-36-30-13-7-12-26-8-5-6-9-27(26)14-15-30/h2-15,20,23-25H,16-19,21H2,1H3/b12-7?,13-7+,15-14?,26-12+,27-14-,29-20-,30-13?,30-15+. The summed E-state index contributed by atoms with van der Waals surface area (Å²) in [5, 5.41) is 3.31. The average Bonchev–Trinajstić information content (AvgIpc) is 3.25. The molecule has 2 aromatic carbocycles. The van der Waals surface area contributed by atoms with Crippen LogP contribution in [0.15, 0.2) is 90.2 Å². The van der Waals surface area contributed by atoms with Crippen molar-refractivity contribution < 1.29 is 9.53 Å². The first-order valence-electron chi connectivity index (χ1n) is 13.2. The van der Waals surface area contributed by atoms with Gasteiger partial charge in [-0.15, -0.1) is 11.3 Å². The molecule has 0 N–H and O–H groups in total. The highest BCUT2D eigenvalue weighted by Crippen LogP contribution is 2.45. The van der Waals surface area contributed by atoms with Gasteiger partial charge in [-0.2, -0.15) is 0 Å². The van der Waals surface area contributed by atoms with Crippen molar-refractivity contribution >= 4 is 29.3 Å². The number of nitrogens with zero attached hydrogens (tertiary/aromatic N) is 1. The van der Waals surface area contributed by atoms with E-state index in [0.29, 0.717) is 18.2 Å². The molecule has 1 atom stereocenters. The Bertz CT molecular complexity index is 1520. The molecular formula is C33H31NO2S. The number of allylic oxidation sites excluding steroid dienone is 4. The SMILES string of the molecule is Cc1nc(C(=O)/C2=C\C(COC3=C/C=c4/cccc/c4=C\C=C\3)CC3CC(C2)C3)c(-c2ccccc2)s1. The van der Waals surface area contributed by atoms with E-state index in [1.807, 2.05) is 43.4 Å². The second-order valence-corrected chi connectivity index (χ2v) is 11.6. The van der Waals surface area contributed by atoms with Crippen LogP contribution in [0.4, 0.5) is 0 Å². The van der Waals surface area contributed by atoms with Gasteiger partial charge in [-0.3, -0.25) is 4.79 Å². The summed E-state index contributed by atoms with van der Waals surface area (Å²) in [5.41, 5.74) is 2.57. The van der Waals surface area contributed by atoms with Crippen LogP contribution in [0.25, 0.3) is 22.6 Å². The van der Waals surface area contributed by atoms with Crippen molar-refractivity contribution in [3.8, 4) is 10.4 Å². The van der Waals surface area contributed by atoms with Crippen LogP contribution in [0.1, 0.15) is 41.2 Å². The molecule has 1 unspecified atom stereocenters. The van der Waals surface area contributed by atoms with Gasteiger partial charge >= 0.3 is 0 Å². The second-order valence-electron chi connectivity index (χ2n) is 10.4. The topological polar surface area (TPSA) is 39.2 Å². The van der Waals surface area contributed by atoms with Crippen molar-refractivity contribution in [3.63, 3.8) is 0 Å². The van der Waals surface area contributed by atoms with E-state index in [9.17, 15) is 4.79 Å². The molecule has 1 heterocycles. The summed E-state index contributed by atoms with van der Waals surface area (Å²) in [5.74, 6) is 2.50. The van der Waals surface area contributed by atoms with E-state index in [1.54, 1.807) is 11.3 Å². The Morgan fingerprint density at radius 2 is 1.70 bits per heavy atom. The Hall–Kier alpha value is -3.50. The summed E-state index contributed by atoms with van der Waals surface area (Å²) in [6.45, 7) is 2.56. The van der Waals surface area contributed by atoms with Gasteiger partial charge in [-0.25, -0.2) is 4.98 Å². The van der Waals surface area contributed by atoms with Crippen LogP contribution in [-0.2, 0) is 4.74 Å². The highest BCUT2D eigenvalue weighted by Gasteiger charge is 2.36. The number of carbonyl (C=O) groups is 1. The Morgan fingerprint density at radius 1 is 0.946 bits per heavy atom. The Morgan fingerprint density at radius 3 is 2.51 bits per heavy atom. The van der Waals surface area contributed by atoms with Gasteiger partial charge in [0.2, 0.25) is 5.78 Å². The molecule has 186 valence electrons. The van der Waals surface area contributed by atoms with Crippen molar-refractivity contribution in [3.05, 3.63) is 111 Å². The monoisotopic (exact) mass is 505 g/mol. The average molecular weight is 506 g/mol. The highest BCUT2D eigenvalue weighted by atomic mass is 32.1. The minimum Gasteiger partial charge on any atom is -0.493 e. The fourth-order valence-electron chi connectivity index (χ4n) is 5.78. The molecule has 37 heavy (non-hydrogen) atoms. The van der Waals surface area contributed by atoms with Gasteiger partial charge in [0, 0.05) is 5.92 Å². The molecule has 1 fully saturated rings. The van der Waals surface area contributed by atoms with Crippen molar-refractivity contribution in [1.82, 2.24) is 4.98 Å². The zero-order valence-electron chi connectivity index (χ0n) is 21.1. The maximum absolute atomic E-state index is 13.9. The molecule has 0 amide bonds. The first kappa shape index (κ1) is 23.9. The number of aromatic nitrogens is 1. The summed E-state index contributed by atoms with van der Waals surface area (Å²) < 4.78 is 6.32. The van der Waals surface area contributed by atoms with Crippen LogP contribution in [0.3, 0.4) is 0 Å². The molecule has 0 aliphatic heterocycles. The van der Waals surface area contributed by atoms with E-state index in [2.05, 4.69) is 54.6 Å². The summed E-state index contributed by atoms with van der Waals surface area (Å²) in [6.07, 6.45) is 16.9. The van der Waals surface area contributed by atoms with Gasteiger partial charge in [0.1, 0.15) is 11.5 Å². The van der Waals surface area contributed by atoms with Crippen LogP contribution in [0, 0.1) is 24.7 Å². The zero-order chi connectivity index (χ0) is 25.2. The second kappa shape index (κ2) is 10.5. The number of thiazole rings is 1. The lowest BCUT2D eigenvalue weighted by atomic mass is 9.66. The molecule has 2 bridgehead atoms. The van der Waals surface area contributed by atoms with Gasteiger partial charge in [0.05, 0.1) is 16.5 Å². The molecule has 0 saturated heterocycles. The Labute approximate surface area is 222 Å². The maximum atomic E-state index is 13.9. The number of hydrogen-bond donors (Lipinski definition) is 0. The largest absolute Gasteiger partial charge is 0.493 e. The maximum Gasteiger partial charge on any atom is 0.208 e. The van der Waals surface area contributed by atoms with Crippen molar-refractivity contribution in [2.45, 2.75) is 32.6 Å². The quantitative estimate of drug-likeness (QED) is 0.364. The molecule has 0 spiro atoms. The minimum absolute atomic E-state index is 0.0863. The number of ketones is 1. The highest BCUT2D eigenvalue weighted by molar-refractivity contribution is 7.15. The molecule has 3 nitrogen and oxygen atoms in total. The van der Waals surface area contributed by atoms with Gasteiger partial charge in [-0.05, 0) is 78.2 Å². The lowest BCUT2D eigenvalue weighted by Gasteiger charge is -2.39. The summed E-state index contributed by atoms with van der Waals surface area (Å²) >= 11 is 1.60. The van der Waals surface area contributed by atoms with Crippen LogP contribution in [-0.4, -0.2) is 17.4 Å². The zero-order valence-corrected chi connectivity index (χ0v) is 21.9. The number of hydrogen-bond acceptors (Lipinski definition) is 4. The smallest absolute Gasteiger partial charge is 0.208 e. The van der Waals surface area contributed by atoms with Crippen LogP contribution < -0.4 is 10.4 Å². The molecule has 0 radical (unpaired) electrons.